The van der Waals surface area contributed by atoms with E-state index in [1.54, 1.807) is 0 Å². The maximum absolute atomic E-state index is 2.48. The van der Waals surface area contributed by atoms with Crippen molar-refractivity contribution in [1.82, 2.24) is 13.7 Å². The maximum atomic E-state index is 2.48. The minimum atomic E-state index is 1.18. The molecule has 3 aromatic heterocycles. The average Bonchev–Trinajstić information content (AvgIpc) is 1.57. The molecule has 0 saturated carbocycles. The fourth-order valence-electron chi connectivity index (χ4n) is 22.1. The Bertz CT molecular complexity index is 9500. The second-order valence-electron chi connectivity index (χ2n) is 34.6. The number of hydrogen-bond acceptors (Lipinski definition) is 0. The highest BCUT2D eigenvalue weighted by Gasteiger charge is 2.27. The van der Waals surface area contributed by atoms with Crippen molar-refractivity contribution >= 4 is 184 Å². The minimum absolute atomic E-state index is 1.18. The van der Waals surface area contributed by atoms with E-state index in [2.05, 4.69) is 505 Å². The molecule has 608 valence electrons. The second kappa shape index (κ2) is 30.8. The summed E-state index contributed by atoms with van der Waals surface area (Å²) in [7, 11) is 0. The second-order valence-corrected chi connectivity index (χ2v) is 34.6. The van der Waals surface area contributed by atoms with E-state index in [4.69, 9.17) is 0 Å². The third-order valence-electron chi connectivity index (χ3n) is 27.6. The summed E-state index contributed by atoms with van der Waals surface area (Å²) in [5, 5.41) is 36.1. The molecule has 0 spiro atoms. The first-order valence-electron chi connectivity index (χ1n) is 45.4. The molecule has 0 aliphatic carbocycles. The Kier molecular flexibility index (Phi) is 17.7. The zero-order chi connectivity index (χ0) is 86.1. The van der Waals surface area contributed by atoms with Gasteiger partial charge in [0.05, 0.1) is 33.1 Å². The van der Waals surface area contributed by atoms with E-state index >= 15 is 0 Å². The van der Waals surface area contributed by atoms with Gasteiger partial charge in [-0.3, -0.25) is 0 Å². The number of aromatic nitrogens is 3. The van der Waals surface area contributed by atoms with Crippen LogP contribution < -0.4 is 0 Å². The van der Waals surface area contributed by atoms with Crippen LogP contribution in [0.15, 0.2) is 491 Å². The van der Waals surface area contributed by atoms with Crippen molar-refractivity contribution in [3.8, 4) is 72.7 Å². The lowest BCUT2D eigenvalue weighted by Crippen LogP contribution is -1.95. The van der Waals surface area contributed by atoms with Gasteiger partial charge < -0.3 is 13.7 Å². The van der Waals surface area contributed by atoms with Crippen molar-refractivity contribution in [2.75, 3.05) is 0 Å². The van der Waals surface area contributed by atoms with Crippen LogP contribution in [-0.2, 0) is 0 Å². The predicted molar refractivity (Wildman–Crippen MR) is 562 cm³/mol. The maximum Gasteiger partial charge on any atom is 0.0626 e. The highest BCUT2D eigenvalue weighted by atomic mass is 15.0. The first-order valence-corrected chi connectivity index (χ1v) is 45.4. The molecule has 0 saturated heterocycles. The van der Waals surface area contributed by atoms with Crippen LogP contribution in [0, 0.1) is 0 Å². The summed E-state index contributed by atoms with van der Waals surface area (Å²) >= 11 is 0. The normalized spacial score (nSPS) is 11.8. The van der Waals surface area contributed by atoms with E-state index in [0.717, 1.165) is 0 Å². The molecule has 25 aromatic carbocycles. The molecule has 3 heterocycles. The van der Waals surface area contributed by atoms with Crippen molar-refractivity contribution in [1.29, 1.82) is 0 Å². The Hall–Kier alpha value is -17.2. The molecule has 3 heteroatoms. The molecule has 0 N–H and O–H groups in total. The number of fused-ring (bicyclic) bond motifs is 33. The first-order chi connectivity index (χ1) is 65.1. The van der Waals surface area contributed by atoms with Crippen molar-refractivity contribution in [2.45, 2.75) is 0 Å². The molecule has 0 bridgehead atoms. The highest BCUT2D eigenvalue weighted by Crippen LogP contribution is 2.53. The average molecular weight is 1660 g/mol. The zero-order valence-electron chi connectivity index (χ0n) is 71.6. The van der Waals surface area contributed by atoms with Gasteiger partial charge in [-0.1, -0.05) is 406 Å². The molecular formula is C128H81N3. The SMILES string of the molecule is c1ccc(-c2ccc(-c3cc4c5ccccc5c5c(c6ccccc6n5-c5ccccc5)c4c4ccccc34)cc2)cc1.c1ccc(-c2cccc(-c3cc4c5ccccc5c5c(c6ccccc6n5-c5ccccc5)c4c4ccccc34)c2)cc1.c1ccc(-n2c3ccccc3c3c4c5ccccc5c(-c5cc6ccccc6c6ccccc56)cc4c4ccccc4c32)cc1. The van der Waals surface area contributed by atoms with Gasteiger partial charge in [0.1, 0.15) is 0 Å². The van der Waals surface area contributed by atoms with Crippen LogP contribution in [0.2, 0.25) is 0 Å². The quantitative estimate of drug-likeness (QED) is 0.135. The van der Waals surface area contributed by atoms with E-state index in [1.165, 1.54) is 257 Å². The Labute approximate surface area is 756 Å². The molecule has 0 amide bonds. The van der Waals surface area contributed by atoms with Gasteiger partial charge >= 0.3 is 0 Å². The summed E-state index contributed by atoms with van der Waals surface area (Å²) in [6, 6.07) is 179. The fraction of sp³-hybridized carbons (Fsp3) is 0. The van der Waals surface area contributed by atoms with Gasteiger partial charge in [0.15, 0.2) is 0 Å². The van der Waals surface area contributed by atoms with Crippen LogP contribution in [0.25, 0.3) is 257 Å². The summed E-state index contributed by atoms with van der Waals surface area (Å²) in [5.41, 5.74) is 23.5. The van der Waals surface area contributed by atoms with Gasteiger partial charge in [-0.05, 0) is 227 Å². The lowest BCUT2D eigenvalue weighted by molar-refractivity contribution is 1.19. The van der Waals surface area contributed by atoms with E-state index in [1.807, 2.05) is 0 Å². The minimum Gasteiger partial charge on any atom is -0.309 e. The molecule has 3 nitrogen and oxygen atoms in total. The molecule has 0 atom stereocenters. The van der Waals surface area contributed by atoms with Crippen LogP contribution in [0.1, 0.15) is 0 Å². The van der Waals surface area contributed by atoms with Gasteiger partial charge in [-0.15, -0.1) is 0 Å². The Morgan fingerprint density at radius 1 is 0.115 bits per heavy atom. The molecule has 28 rings (SSSR count). The Morgan fingerprint density at radius 3 is 0.756 bits per heavy atom. The lowest BCUT2D eigenvalue weighted by atomic mass is 9.86. The largest absolute Gasteiger partial charge is 0.309 e. The van der Waals surface area contributed by atoms with Crippen LogP contribution >= 0.6 is 0 Å². The molecular weight excluding hydrogens is 1580 g/mol. The summed E-state index contributed by atoms with van der Waals surface area (Å²) in [5.74, 6) is 0. The summed E-state index contributed by atoms with van der Waals surface area (Å²) in [4.78, 5) is 0. The van der Waals surface area contributed by atoms with Crippen LogP contribution in [0.3, 0.4) is 0 Å². The van der Waals surface area contributed by atoms with Crippen molar-refractivity contribution < 1.29 is 0 Å². The van der Waals surface area contributed by atoms with Gasteiger partial charge in [0.2, 0.25) is 0 Å². The van der Waals surface area contributed by atoms with Gasteiger partial charge in [0, 0.05) is 81.7 Å². The molecule has 131 heavy (non-hydrogen) atoms. The van der Waals surface area contributed by atoms with Crippen molar-refractivity contribution in [3.63, 3.8) is 0 Å². The van der Waals surface area contributed by atoms with E-state index in [9.17, 15) is 0 Å². The molecule has 28 aromatic rings. The van der Waals surface area contributed by atoms with E-state index < -0.39 is 0 Å². The molecule has 0 aliphatic rings. The zero-order valence-corrected chi connectivity index (χ0v) is 71.6. The van der Waals surface area contributed by atoms with Crippen molar-refractivity contribution in [2.24, 2.45) is 0 Å². The number of para-hydroxylation sites is 6. The lowest BCUT2D eigenvalue weighted by Gasteiger charge is -2.18. The first kappa shape index (κ1) is 75.1. The van der Waals surface area contributed by atoms with Crippen molar-refractivity contribution in [3.05, 3.63) is 491 Å². The third kappa shape index (κ3) is 12.0. The van der Waals surface area contributed by atoms with Crippen LogP contribution in [0.5, 0.6) is 0 Å². The van der Waals surface area contributed by atoms with Gasteiger partial charge in [-0.2, -0.15) is 0 Å². The standard InChI is InChI=1S/C44H27N.2C42H27N/c1-2-15-29(16-3-1)45-41-25-13-12-24-37(41)43-42-35-22-10-8-20-33(35)39(27-40(42)34-21-9-11-23-36(34)44(43)45)38-26-28-14-4-5-17-30(28)31-18-6-7-19-32(31)38;1-3-14-28(15-4-1)29-16-13-17-30(26-29)37-27-38-33-21-8-10-23-35(33)42-41(40(38)34-22-9-7-20-32(34)37)36-24-11-12-25-39(36)43(42)31-18-5-2-6-19-31;1-3-13-28(14-4-1)29-23-25-30(26-24-29)37-27-38-33-18-8-10-20-35(33)42-41(40(38)34-19-9-7-17-32(34)37)36-21-11-12-22-39(36)43(42)31-15-5-2-6-16-31/h1-27H;2*1-27H. The Morgan fingerprint density at radius 2 is 0.359 bits per heavy atom. The van der Waals surface area contributed by atoms with E-state index in [0.29, 0.717) is 0 Å². The van der Waals surface area contributed by atoms with Crippen LogP contribution in [0.4, 0.5) is 0 Å². The van der Waals surface area contributed by atoms with Gasteiger partial charge in [-0.25, -0.2) is 0 Å². The number of hydrogen-bond donors (Lipinski definition) is 0. The van der Waals surface area contributed by atoms with Crippen LogP contribution in [-0.4, -0.2) is 13.7 Å². The number of benzene rings is 25. The number of nitrogens with zero attached hydrogens (tertiary/aromatic N) is 3. The summed E-state index contributed by atoms with van der Waals surface area (Å²) in [6.07, 6.45) is 0. The topological polar surface area (TPSA) is 14.8 Å². The molecule has 0 unspecified atom stereocenters. The summed E-state index contributed by atoms with van der Waals surface area (Å²) in [6.45, 7) is 0. The Balaban J connectivity index is 0.000000103. The third-order valence-corrected chi connectivity index (χ3v) is 27.6. The van der Waals surface area contributed by atoms with E-state index in [-0.39, 0.29) is 0 Å². The monoisotopic (exact) mass is 1660 g/mol. The smallest absolute Gasteiger partial charge is 0.0626 e. The molecule has 0 aliphatic heterocycles. The predicted octanol–water partition coefficient (Wildman–Crippen LogP) is 35.4. The molecule has 0 fully saturated rings. The number of rotatable bonds is 8. The summed E-state index contributed by atoms with van der Waals surface area (Å²) < 4.78 is 7.38. The molecule has 0 radical (unpaired) electrons. The fourth-order valence-corrected chi connectivity index (χ4v) is 22.1. The highest BCUT2D eigenvalue weighted by molar-refractivity contribution is 6.42. The van der Waals surface area contributed by atoms with Gasteiger partial charge in [0.25, 0.3) is 0 Å².